The normalized spacial score (nSPS) is 23.0. The number of amides is 2. The Balaban J connectivity index is 1.51. The number of piperidine rings is 1. The summed E-state index contributed by atoms with van der Waals surface area (Å²) in [6, 6.07) is 13.1. The molecule has 8 heteroatoms. The van der Waals surface area contributed by atoms with Gasteiger partial charge >= 0.3 is 0 Å². The molecular formula is C26H31F2N3O3. The van der Waals surface area contributed by atoms with E-state index >= 15 is 0 Å². The number of rotatable bonds is 7. The summed E-state index contributed by atoms with van der Waals surface area (Å²) in [5.74, 6) is -3.68. The van der Waals surface area contributed by atoms with E-state index < -0.39 is 11.8 Å². The highest BCUT2D eigenvalue weighted by atomic mass is 19.3. The number of fused-ring (bicyclic) bond motifs is 1. The van der Waals surface area contributed by atoms with Crippen LogP contribution in [0.2, 0.25) is 0 Å². The Labute approximate surface area is 198 Å². The Kier molecular flexibility index (Phi) is 7.16. The second-order valence-electron chi connectivity index (χ2n) is 9.05. The largest absolute Gasteiger partial charge is 0.489 e. The molecule has 0 saturated carbocycles. The van der Waals surface area contributed by atoms with Crippen molar-refractivity contribution in [2.24, 2.45) is 5.92 Å². The molecule has 2 aromatic carbocycles. The van der Waals surface area contributed by atoms with Crippen LogP contribution >= 0.6 is 0 Å². The molecule has 0 aromatic heterocycles. The Morgan fingerprint density at radius 3 is 2.65 bits per heavy atom. The number of carbonyl (C=O) groups is 2. The summed E-state index contributed by atoms with van der Waals surface area (Å²) >= 11 is 0. The molecule has 1 fully saturated rings. The molecule has 2 amide bonds. The highest BCUT2D eigenvalue weighted by Gasteiger charge is 2.41. The van der Waals surface area contributed by atoms with Gasteiger partial charge in [-0.15, -0.1) is 0 Å². The standard InChI is InChI=1S/C26H31F2N3O3/c1-16-22(17-7-4-3-5-8-17)20-13-18(14-21(23(20)34-16)25(33)29-2)24(32)31-11-6-9-19-10-12-30-15-26(19,27)28/h3-5,7-8,13-14,16,19,22,30H,6,9-12,15H2,1-2H3,(H,29,33)(H,31,32)/t16-,19+,22+/m0/s1. The molecule has 182 valence electrons. The average Bonchev–Trinajstić information content (AvgIpc) is 3.17. The fourth-order valence-electron chi connectivity index (χ4n) is 4.96. The van der Waals surface area contributed by atoms with Gasteiger partial charge in [0.2, 0.25) is 0 Å². The maximum atomic E-state index is 14.0. The van der Waals surface area contributed by atoms with E-state index in [-0.39, 0.29) is 30.4 Å². The van der Waals surface area contributed by atoms with Gasteiger partial charge in [0.25, 0.3) is 17.7 Å². The number of ether oxygens (including phenoxy) is 1. The quantitative estimate of drug-likeness (QED) is 0.538. The van der Waals surface area contributed by atoms with Crippen molar-refractivity contribution in [1.82, 2.24) is 16.0 Å². The third-order valence-electron chi connectivity index (χ3n) is 6.76. The molecule has 2 aliphatic heterocycles. The lowest BCUT2D eigenvalue weighted by molar-refractivity contribution is -0.0762. The van der Waals surface area contributed by atoms with Crippen LogP contribution in [-0.2, 0) is 0 Å². The Morgan fingerprint density at radius 2 is 1.94 bits per heavy atom. The number of hydrogen-bond donors (Lipinski definition) is 3. The number of halogens is 2. The Hall–Kier alpha value is -3.00. The van der Waals surface area contributed by atoms with E-state index in [1.807, 2.05) is 37.3 Å². The maximum absolute atomic E-state index is 14.0. The number of benzene rings is 2. The number of hydrogen-bond acceptors (Lipinski definition) is 4. The highest BCUT2D eigenvalue weighted by Crippen LogP contribution is 2.45. The molecule has 0 bridgehead atoms. The second-order valence-corrected chi connectivity index (χ2v) is 9.05. The molecule has 2 heterocycles. The van der Waals surface area contributed by atoms with Crippen LogP contribution in [0.25, 0.3) is 0 Å². The lowest BCUT2D eigenvalue weighted by atomic mass is 9.87. The third kappa shape index (κ3) is 4.92. The van der Waals surface area contributed by atoms with Gasteiger partial charge in [-0.05, 0) is 50.4 Å². The van der Waals surface area contributed by atoms with Crippen LogP contribution in [0.4, 0.5) is 8.78 Å². The summed E-state index contributed by atoms with van der Waals surface area (Å²) in [5, 5.41) is 8.18. The SMILES string of the molecule is CNC(=O)c1cc(C(=O)NCCC[C@@H]2CCNCC2(F)F)cc2c1O[C@@H](C)[C@@H]2c1ccccc1. The van der Waals surface area contributed by atoms with Crippen molar-refractivity contribution in [2.45, 2.75) is 44.1 Å². The van der Waals surface area contributed by atoms with E-state index in [0.29, 0.717) is 49.2 Å². The molecule has 2 aliphatic rings. The molecule has 0 unspecified atom stereocenters. The lowest BCUT2D eigenvalue weighted by Crippen LogP contribution is -2.46. The topological polar surface area (TPSA) is 79.5 Å². The van der Waals surface area contributed by atoms with Crippen molar-refractivity contribution < 1.29 is 23.1 Å². The van der Waals surface area contributed by atoms with Crippen LogP contribution in [0.15, 0.2) is 42.5 Å². The van der Waals surface area contributed by atoms with Crippen LogP contribution < -0.4 is 20.7 Å². The van der Waals surface area contributed by atoms with E-state index in [0.717, 1.165) is 11.1 Å². The zero-order valence-corrected chi connectivity index (χ0v) is 19.5. The van der Waals surface area contributed by atoms with Crippen LogP contribution in [0.1, 0.15) is 63.9 Å². The van der Waals surface area contributed by atoms with Gasteiger partial charge in [-0.2, -0.15) is 0 Å². The van der Waals surface area contributed by atoms with E-state index in [1.165, 1.54) is 13.1 Å². The van der Waals surface area contributed by atoms with Gasteiger partial charge in [-0.3, -0.25) is 9.59 Å². The summed E-state index contributed by atoms with van der Waals surface area (Å²) in [6.45, 7) is 2.54. The van der Waals surface area contributed by atoms with Crippen LogP contribution in [0.3, 0.4) is 0 Å². The molecule has 0 spiro atoms. The van der Waals surface area contributed by atoms with Crippen molar-refractivity contribution in [1.29, 1.82) is 0 Å². The molecule has 34 heavy (non-hydrogen) atoms. The van der Waals surface area contributed by atoms with Gasteiger partial charge in [0.1, 0.15) is 11.9 Å². The molecule has 2 aromatic rings. The molecule has 6 nitrogen and oxygen atoms in total. The molecule has 3 atom stereocenters. The fraction of sp³-hybridized carbons (Fsp3) is 0.462. The highest BCUT2D eigenvalue weighted by molar-refractivity contribution is 6.02. The second kappa shape index (κ2) is 10.1. The predicted octanol–water partition coefficient (Wildman–Crippen LogP) is 3.71. The molecular weight excluding hydrogens is 440 g/mol. The summed E-state index contributed by atoms with van der Waals surface area (Å²) in [4.78, 5) is 25.6. The number of carbonyl (C=O) groups excluding carboxylic acids is 2. The third-order valence-corrected chi connectivity index (χ3v) is 6.76. The zero-order valence-electron chi connectivity index (χ0n) is 19.5. The number of nitrogens with one attached hydrogen (secondary N) is 3. The first-order valence-corrected chi connectivity index (χ1v) is 11.8. The monoisotopic (exact) mass is 471 g/mol. The Bertz CT molecular complexity index is 1050. The van der Waals surface area contributed by atoms with Crippen LogP contribution in [0, 0.1) is 5.92 Å². The van der Waals surface area contributed by atoms with Crippen LogP contribution in [0.5, 0.6) is 5.75 Å². The first kappa shape index (κ1) is 24.1. The lowest BCUT2D eigenvalue weighted by Gasteiger charge is -2.31. The molecule has 0 radical (unpaired) electrons. The van der Waals surface area contributed by atoms with Crippen molar-refractivity contribution in [3.05, 3.63) is 64.7 Å². The van der Waals surface area contributed by atoms with Crippen molar-refractivity contribution in [2.75, 3.05) is 26.7 Å². The van der Waals surface area contributed by atoms with Gasteiger partial charge in [0.15, 0.2) is 0 Å². The minimum Gasteiger partial charge on any atom is -0.489 e. The predicted molar refractivity (Wildman–Crippen MR) is 126 cm³/mol. The van der Waals surface area contributed by atoms with Gasteiger partial charge in [0, 0.05) is 36.6 Å². The van der Waals surface area contributed by atoms with Gasteiger partial charge in [-0.1, -0.05) is 30.3 Å². The summed E-state index contributed by atoms with van der Waals surface area (Å²) in [5.41, 5.74) is 2.49. The molecule has 3 N–H and O–H groups in total. The minimum absolute atomic E-state index is 0.116. The summed E-state index contributed by atoms with van der Waals surface area (Å²) in [7, 11) is 1.53. The smallest absolute Gasteiger partial charge is 0.263 e. The molecule has 0 aliphatic carbocycles. The van der Waals surface area contributed by atoms with Crippen molar-refractivity contribution in [3.8, 4) is 5.75 Å². The van der Waals surface area contributed by atoms with Gasteiger partial charge < -0.3 is 20.7 Å². The van der Waals surface area contributed by atoms with Gasteiger partial charge in [0.05, 0.1) is 12.1 Å². The fourth-order valence-corrected chi connectivity index (χ4v) is 4.96. The average molecular weight is 472 g/mol. The van der Waals surface area contributed by atoms with Gasteiger partial charge in [-0.25, -0.2) is 8.78 Å². The Morgan fingerprint density at radius 1 is 1.18 bits per heavy atom. The van der Waals surface area contributed by atoms with Crippen molar-refractivity contribution >= 4 is 11.8 Å². The molecule has 4 rings (SSSR count). The van der Waals surface area contributed by atoms with E-state index in [2.05, 4.69) is 16.0 Å². The van der Waals surface area contributed by atoms with E-state index in [4.69, 9.17) is 4.74 Å². The first-order chi connectivity index (χ1) is 16.3. The summed E-state index contributed by atoms with van der Waals surface area (Å²) < 4.78 is 34.1. The molecule has 1 saturated heterocycles. The van der Waals surface area contributed by atoms with Crippen molar-refractivity contribution in [3.63, 3.8) is 0 Å². The minimum atomic E-state index is -2.71. The van der Waals surface area contributed by atoms with E-state index in [9.17, 15) is 18.4 Å². The summed E-state index contributed by atoms with van der Waals surface area (Å²) in [6.07, 6.45) is 1.04. The first-order valence-electron chi connectivity index (χ1n) is 11.8. The van der Waals surface area contributed by atoms with E-state index in [1.54, 1.807) is 6.07 Å². The number of alkyl halides is 2. The van der Waals surface area contributed by atoms with Crippen LogP contribution in [-0.4, -0.2) is 50.5 Å². The maximum Gasteiger partial charge on any atom is 0.263 e. The zero-order chi connectivity index (χ0) is 24.3.